The summed E-state index contributed by atoms with van der Waals surface area (Å²) in [6.45, 7) is 6.56. The van der Waals surface area contributed by atoms with Crippen molar-refractivity contribution in [3.63, 3.8) is 0 Å². The van der Waals surface area contributed by atoms with Gasteiger partial charge in [0, 0.05) is 22.6 Å². The van der Waals surface area contributed by atoms with Crippen LogP contribution in [0, 0.1) is 29.2 Å². The first-order valence-corrected chi connectivity index (χ1v) is 11.5. The van der Waals surface area contributed by atoms with Crippen LogP contribution in [-0.4, -0.2) is 19.8 Å². The van der Waals surface area contributed by atoms with E-state index in [-0.39, 0.29) is 28.4 Å². The van der Waals surface area contributed by atoms with E-state index in [0.717, 1.165) is 12.8 Å². The zero-order valence-corrected chi connectivity index (χ0v) is 19.3. The molecule has 0 aliphatic carbocycles. The number of hydrogen-bond donors (Lipinski definition) is 0. The Kier molecular flexibility index (Phi) is 7.88. The molecule has 35 heavy (non-hydrogen) atoms. The lowest BCUT2D eigenvalue weighted by molar-refractivity contribution is -0.198. The Morgan fingerprint density at radius 1 is 0.829 bits per heavy atom. The molecule has 184 valence electrons. The summed E-state index contributed by atoms with van der Waals surface area (Å²) >= 11 is 0. The van der Waals surface area contributed by atoms with E-state index in [4.69, 9.17) is 14.2 Å². The zero-order valence-electron chi connectivity index (χ0n) is 19.3. The fourth-order valence-corrected chi connectivity index (χ4v) is 3.83. The summed E-state index contributed by atoms with van der Waals surface area (Å²) in [5, 5.41) is 0. The number of halogens is 4. The highest BCUT2D eigenvalue weighted by atomic mass is 19.2. The van der Waals surface area contributed by atoms with Crippen molar-refractivity contribution in [1.29, 1.82) is 0 Å². The minimum absolute atomic E-state index is 0.0000415. The van der Waals surface area contributed by atoms with Crippen molar-refractivity contribution >= 4 is 0 Å². The Balaban J connectivity index is 1.55. The molecule has 0 atom stereocenters. The van der Waals surface area contributed by atoms with Crippen molar-refractivity contribution in [2.45, 2.75) is 26.1 Å². The summed E-state index contributed by atoms with van der Waals surface area (Å²) in [6.07, 6.45) is 2.30. The average Bonchev–Trinajstić information content (AvgIpc) is 2.89. The summed E-state index contributed by atoms with van der Waals surface area (Å²) in [7, 11) is 0. The largest absolute Gasteiger partial charge is 0.490 e. The van der Waals surface area contributed by atoms with E-state index in [0.29, 0.717) is 30.9 Å². The molecule has 0 spiro atoms. The molecule has 0 N–H and O–H groups in total. The first-order valence-electron chi connectivity index (χ1n) is 11.5. The quantitative estimate of drug-likeness (QED) is 0.186. The Morgan fingerprint density at radius 2 is 1.40 bits per heavy atom. The Hall–Kier alpha value is -3.16. The number of benzene rings is 3. The molecule has 3 nitrogen and oxygen atoms in total. The second kappa shape index (κ2) is 11.1. The monoisotopic (exact) mass is 486 g/mol. The van der Waals surface area contributed by atoms with Crippen LogP contribution in [0.5, 0.6) is 5.75 Å². The predicted octanol–water partition coefficient (Wildman–Crippen LogP) is 7.60. The standard InChI is InChI=1S/C28H26F4O3/c1-3-5-14-33-23-13-12-21(25(30)27(23)32)19-8-6-18(7-9-19)20-10-11-22(26(31)24(20)29)28-34-15-17(4-2)16-35-28/h4,6-13,17,28H,2-3,5,14-16H2,1H3. The van der Waals surface area contributed by atoms with Crippen molar-refractivity contribution in [3.05, 3.63) is 90.0 Å². The van der Waals surface area contributed by atoms with Crippen LogP contribution < -0.4 is 4.74 Å². The van der Waals surface area contributed by atoms with E-state index in [1.165, 1.54) is 48.5 Å². The number of unbranched alkanes of at least 4 members (excludes halogenated alkanes) is 1. The molecule has 0 aromatic heterocycles. The first kappa shape index (κ1) is 24.9. The Bertz CT molecular complexity index is 1190. The summed E-state index contributed by atoms with van der Waals surface area (Å²) in [4.78, 5) is 0. The van der Waals surface area contributed by atoms with Crippen LogP contribution in [0.2, 0.25) is 0 Å². The second-order valence-electron chi connectivity index (χ2n) is 8.34. The summed E-state index contributed by atoms with van der Waals surface area (Å²) in [5.74, 6) is -4.32. The maximum absolute atomic E-state index is 14.9. The van der Waals surface area contributed by atoms with Gasteiger partial charge in [-0.15, -0.1) is 6.58 Å². The SMILES string of the molecule is C=CC1COC(c2ccc(-c3ccc(-c4ccc(OCCCC)c(F)c4F)cc3)c(F)c2F)OC1. The Labute approximate surface area is 202 Å². The molecule has 3 aromatic rings. The van der Waals surface area contributed by atoms with Gasteiger partial charge in [0.25, 0.3) is 0 Å². The highest BCUT2D eigenvalue weighted by Gasteiger charge is 2.27. The van der Waals surface area contributed by atoms with Gasteiger partial charge in [0.15, 0.2) is 29.5 Å². The minimum Gasteiger partial charge on any atom is -0.490 e. The number of ether oxygens (including phenoxy) is 3. The summed E-state index contributed by atoms with van der Waals surface area (Å²) < 4.78 is 75.2. The zero-order chi connectivity index (χ0) is 24.9. The lowest BCUT2D eigenvalue weighted by Crippen LogP contribution is -2.26. The van der Waals surface area contributed by atoms with Crippen LogP contribution in [0.1, 0.15) is 31.6 Å². The van der Waals surface area contributed by atoms with Crippen LogP contribution in [0.3, 0.4) is 0 Å². The molecule has 0 unspecified atom stereocenters. The van der Waals surface area contributed by atoms with Gasteiger partial charge in [-0.2, -0.15) is 4.39 Å². The maximum atomic E-state index is 14.9. The van der Waals surface area contributed by atoms with E-state index in [9.17, 15) is 17.6 Å². The van der Waals surface area contributed by atoms with Gasteiger partial charge in [-0.05, 0) is 29.7 Å². The van der Waals surface area contributed by atoms with Crippen molar-refractivity contribution in [1.82, 2.24) is 0 Å². The molecular formula is C28H26F4O3. The lowest BCUT2D eigenvalue weighted by Gasteiger charge is -2.28. The second-order valence-corrected chi connectivity index (χ2v) is 8.34. The molecule has 3 aromatic carbocycles. The first-order chi connectivity index (χ1) is 16.9. The molecule has 1 aliphatic rings. The molecule has 0 radical (unpaired) electrons. The van der Waals surface area contributed by atoms with Gasteiger partial charge in [0.2, 0.25) is 5.82 Å². The highest BCUT2D eigenvalue weighted by molar-refractivity contribution is 5.71. The third-order valence-electron chi connectivity index (χ3n) is 5.93. The summed E-state index contributed by atoms with van der Waals surface area (Å²) in [5.41, 5.74) is 0.828. The van der Waals surface area contributed by atoms with E-state index >= 15 is 0 Å². The van der Waals surface area contributed by atoms with Crippen molar-refractivity contribution < 1.29 is 31.8 Å². The maximum Gasteiger partial charge on any atom is 0.201 e. The molecular weight excluding hydrogens is 460 g/mol. The van der Waals surface area contributed by atoms with Gasteiger partial charge in [-0.25, -0.2) is 13.2 Å². The average molecular weight is 487 g/mol. The van der Waals surface area contributed by atoms with Gasteiger partial charge in [0.1, 0.15) is 0 Å². The highest BCUT2D eigenvalue weighted by Crippen LogP contribution is 2.35. The third-order valence-corrected chi connectivity index (χ3v) is 5.93. The lowest BCUT2D eigenvalue weighted by atomic mass is 9.98. The van der Waals surface area contributed by atoms with Crippen LogP contribution in [-0.2, 0) is 9.47 Å². The Morgan fingerprint density at radius 3 is 1.97 bits per heavy atom. The smallest absolute Gasteiger partial charge is 0.201 e. The minimum atomic E-state index is -1.06. The van der Waals surface area contributed by atoms with Gasteiger partial charge in [-0.3, -0.25) is 0 Å². The molecule has 1 aliphatic heterocycles. The topological polar surface area (TPSA) is 27.7 Å². The molecule has 0 amide bonds. The van der Waals surface area contributed by atoms with Gasteiger partial charge in [0.05, 0.1) is 19.8 Å². The van der Waals surface area contributed by atoms with Crippen LogP contribution in [0.4, 0.5) is 17.6 Å². The van der Waals surface area contributed by atoms with Crippen LogP contribution in [0.25, 0.3) is 22.3 Å². The fourth-order valence-electron chi connectivity index (χ4n) is 3.83. The van der Waals surface area contributed by atoms with Crippen molar-refractivity contribution in [3.8, 4) is 28.0 Å². The van der Waals surface area contributed by atoms with E-state index in [2.05, 4.69) is 6.58 Å². The van der Waals surface area contributed by atoms with Crippen LogP contribution in [0.15, 0.2) is 61.2 Å². The molecule has 1 saturated heterocycles. The fraction of sp³-hybridized carbons (Fsp3) is 0.286. The number of hydrogen-bond acceptors (Lipinski definition) is 3. The van der Waals surface area contributed by atoms with E-state index in [1.807, 2.05) is 6.92 Å². The molecule has 7 heteroatoms. The van der Waals surface area contributed by atoms with Crippen molar-refractivity contribution in [2.24, 2.45) is 5.92 Å². The normalized spacial score (nSPS) is 17.9. The third kappa shape index (κ3) is 5.26. The predicted molar refractivity (Wildman–Crippen MR) is 126 cm³/mol. The van der Waals surface area contributed by atoms with Gasteiger partial charge in [-0.1, -0.05) is 55.8 Å². The molecule has 0 saturated carbocycles. The molecule has 0 bridgehead atoms. The van der Waals surface area contributed by atoms with E-state index in [1.54, 1.807) is 6.08 Å². The van der Waals surface area contributed by atoms with Gasteiger partial charge < -0.3 is 14.2 Å². The molecule has 1 heterocycles. The van der Waals surface area contributed by atoms with E-state index < -0.39 is 29.6 Å². The van der Waals surface area contributed by atoms with Crippen LogP contribution >= 0.6 is 0 Å². The van der Waals surface area contributed by atoms with Gasteiger partial charge >= 0.3 is 0 Å². The summed E-state index contributed by atoms with van der Waals surface area (Å²) in [6, 6.07) is 11.8. The molecule has 4 rings (SSSR count). The molecule has 1 fully saturated rings. The van der Waals surface area contributed by atoms with Crippen molar-refractivity contribution in [2.75, 3.05) is 19.8 Å². The number of rotatable bonds is 8.